The third-order valence-corrected chi connectivity index (χ3v) is 4.81. The maximum absolute atomic E-state index is 11.4. The second kappa shape index (κ2) is 7.68. The van der Waals surface area contributed by atoms with E-state index in [1.165, 1.54) is 0 Å². The fourth-order valence-electron chi connectivity index (χ4n) is 2.43. The molecule has 22 heavy (non-hydrogen) atoms. The van der Waals surface area contributed by atoms with Crippen LogP contribution in [0.2, 0.25) is 0 Å². The molecular weight excluding hydrogens is 294 g/mol. The molecule has 0 bridgehead atoms. The molecule has 2 aromatic carbocycles. The molecule has 0 aliphatic rings. The Morgan fingerprint density at radius 1 is 1.14 bits per heavy atom. The summed E-state index contributed by atoms with van der Waals surface area (Å²) >= 11 is 0. The lowest BCUT2D eigenvalue weighted by atomic mass is 10.0. The molecule has 0 aliphatic heterocycles. The number of aliphatic hydroxyl groups excluding tert-OH is 1. The van der Waals surface area contributed by atoms with Crippen LogP contribution in [0.1, 0.15) is 35.8 Å². The zero-order chi connectivity index (χ0) is 16.1. The molecule has 0 radical (unpaired) electrons. The Morgan fingerprint density at radius 2 is 1.77 bits per heavy atom. The summed E-state index contributed by atoms with van der Waals surface area (Å²) in [6.45, 7) is 4.56. The van der Waals surface area contributed by atoms with Crippen LogP contribution >= 0.6 is 0 Å². The summed E-state index contributed by atoms with van der Waals surface area (Å²) < 4.78 is 11.4. The lowest BCUT2D eigenvalue weighted by Gasteiger charge is -2.19. The van der Waals surface area contributed by atoms with Gasteiger partial charge in [0.2, 0.25) is 0 Å². The Balaban J connectivity index is 1.96. The van der Waals surface area contributed by atoms with E-state index in [2.05, 4.69) is 12.2 Å². The average molecular weight is 317 g/mol. The van der Waals surface area contributed by atoms with Gasteiger partial charge in [0.1, 0.15) is 0 Å². The van der Waals surface area contributed by atoms with Crippen LogP contribution < -0.4 is 5.32 Å². The summed E-state index contributed by atoms with van der Waals surface area (Å²) in [5.74, 6) is 0. The maximum atomic E-state index is 11.4. The van der Waals surface area contributed by atoms with Gasteiger partial charge in [-0.25, -0.2) is 0 Å². The van der Waals surface area contributed by atoms with Crippen LogP contribution in [0.4, 0.5) is 0 Å². The summed E-state index contributed by atoms with van der Waals surface area (Å²) in [6, 6.07) is 15.7. The van der Waals surface area contributed by atoms with Gasteiger partial charge < -0.3 is 10.4 Å². The lowest BCUT2D eigenvalue weighted by molar-refractivity contribution is 0.170. The second-order valence-corrected chi connectivity index (χ2v) is 6.91. The van der Waals surface area contributed by atoms with Crippen LogP contribution in [0.15, 0.2) is 53.4 Å². The van der Waals surface area contributed by atoms with Gasteiger partial charge in [0.25, 0.3) is 0 Å². The Morgan fingerprint density at radius 3 is 2.36 bits per heavy atom. The van der Waals surface area contributed by atoms with E-state index in [9.17, 15) is 9.32 Å². The molecule has 0 saturated heterocycles. The topological polar surface area (TPSA) is 49.3 Å². The first-order chi connectivity index (χ1) is 10.5. The number of nitrogens with one attached hydrogen (secondary N) is 1. The van der Waals surface area contributed by atoms with Crippen molar-refractivity contribution in [3.8, 4) is 0 Å². The predicted octanol–water partition coefficient (Wildman–Crippen LogP) is 3.12. The van der Waals surface area contributed by atoms with Crippen molar-refractivity contribution in [2.45, 2.75) is 30.9 Å². The van der Waals surface area contributed by atoms with Crippen LogP contribution in [-0.4, -0.2) is 22.1 Å². The molecule has 3 unspecified atom stereocenters. The minimum Gasteiger partial charge on any atom is -0.387 e. The van der Waals surface area contributed by atoms with E-state index in [-0.39, 0.29) is 6.04 Å². The predicted molar refractivity (Wildman–Crippen MR) is 91.3 cm³/mol. The van der Waals surface area contributed by atoms with Gasteiger partial charge in [0, 0.05) is 34.5 Å². The number of benzene rings is 2. The van der Waals surface area contributed by atoms with Crippen molar-refractivity contribution in [2.75, 3.05) is 12.8 Å². The molecule has 0 aromatic heterocycles. The van der Waals surface area contributed by atoms with E-state index in [1.54, 1.807) is 6.26 Å². The molecule has 0 fully saturated rings. The van der Waals surface area contributed by atoms with Crippen LogP contribution in [0.25, 0.3) is 0 Å². The van der Waals surface area contributed by atoms with Crippen molar-refractivity contribution in [3.05, 3.63) is 65.2 Å². The van der Waals surface area contributed by atoms with Crippen molar-refractivity contribution in [1.82, 2.24) is 5.32 Å². The molecule has 2 N–H and O–H groups in total. The Labute approximate surface area is 134 Å². The quantitative estimate of drug-likeness (QED) is 0.860. The van der Waals surface area contributed by atoms with E-state index < -0.39 is 16.9 Å². The van der Waals surface area contributed by atoms with Crippen molar-refractivity contribution in [1.29, 1.82) is 0 Å². The number of aryl methyl sites for hydroxylation is 1. The number of hydrogen-bond acceptors (Lipinski definition) is 3. The van der Waals surface area contributed by atoms with E-state index in [1.807, 2.05) is 55.5 Å². The number of aliphatic hydroxyl groups is 1. The van der Waals surface area contributed by atoms with Crippen LogP contribution in [0.3, 0.4) is 0 Å². The molecule has 3 atom stereocenters. The molecule has 4 heteroatoms. The third-order valence-electron chi connectivity index (χ3n) is 3.88. The van der Waals surface area contributed by atoms with Gasteiger partial charge in [0.15, 0.2) is 0 Å². The molecule has 0 saturated carbocycles. The molecule has 3 nitrogen and oxygen atoms in total. The first kappa shape index (κ1) is 16.9. The van der Waals surface area contributed by atoms with E-state index in [0.29, 0.717) is 6.54 Å². The number of hydrogen-bond donors (Lipinski definition) is 2. The molecule has 2 aromatic rings. The molecular formula is C18H23NO2S. The van der Waals surface area contributed by atoms with E-state index in [4.69, 9.17) is 0 Å². The summed E-state index contributed by atoms with van der Waals surface area (Å²) in [6.07, 6.45) is 1.15. The van der Waals surface area contributed by atoms with Gasteiger partial charge in [-0.2, -0.15) is 0 Å². The minimum atomic E-state index is -0.949. The first-order valence-electron chi connectivity index (χ1n) is 7.39. The van der Waals surface area contributed by atoms with Gasteiger partial charge in [-0.1, -0.05) is 36.4 Å². The van der Waals surface area contributed by atoms with E-state index in [0.717, 1.165) is 21.6 Å². The van der Waals surface area contributed by atoms with Gasteiger partial charge >= 0.3 is 0 Å². The van der Waals surface area contributed by atoms with Crippen molar-refractivity contribution < 1.29 is 9.32 Å². The molecule has 0 aliphatic carbocycles. The molecule has 0 spiro atoms. The van der Waals surface area contributed by atoms with E-state index >= 15 is 0 Å². The Hall–Kier alpha value is -1.49. The van der Waals surface area contributed by atoms with Crippen LogP contribution in [0.5, 0.6) is 0 Å². The monoisotopic (exact) mass is 317 g/mol. The maximum Gasteiger partial charge on any atom is 0.0917 e. The fraction of sp³-hybridized carbons (Fsp3) is 0.333. The van der Waals surface area contributed by atoms with Gasteiger partial charge in [-0.15, -0.1) is 0 Å². The lowest BCUT2D eigenvalue weighted by Crippen LogP contribution is -2.25. The zero-order valence-corrected chi connectivity index (χ0v) is 14.1. The standard InChI is InChI=1S/C18H23NO2S/c1-13-6-4-5-7-17(13)18(20)12-19-14(2)15-8-10-16(11-9-15)22(3)21/h4-11,14,18-20H,12H2,1-3H3. The first-order valence-corrected chi connectivity index (χ1v) is 8.95. The molecule has 0 heterocycles. The van der Waals surface area contributed by atoms with Crippen molar-refractivity contribution >= 4 is 10.8 Å². The zero-order valence-electron chi connectivity index (χ0n) is 13.2. The second-order valence-electron chi connectivity index (χ2n) is 5.53. The van der Waals surface area contributed by atoms with Crippen molar-refractivity contribution in [3.63, 3.8) is 0 Å². The van der Waals surface area contributed by atoms with Crippen LogP contribution in [-0.2, 0) is 10.8 Å². The highest BCUT2D eigenvalue weighted by Crippen LogP contribution is 2.19. The minimum absolute atomic E-state index is 0.123. The largest absolute Gasteiger partial charge is 0.387 e. The van der Waals surface area contributed by atoms with Gasteiger partial charge in [-0.3, -0.25) is 4.21 Å². The van der Waals surface area contributed by atoms with Gasteiger partial charge in [0.05, 0.1) is 6.10 Å². The highest BCUT2D eigenvalue weighted by molar-refractivity contribution is 7.84. The molecule has 2 rings (SSSR count). The fourth-order valence-corrected chi connectivity index (χ4v) is 2.94. The summed E-state index contributed by atoms with van der Waals surface area (Å²) in [5, 5.41) is 13.7. The Kier molecular flexibility index (Phi) is 5.89. The van der Waals surface area contributed by atoms with Crippen molar-refractivity contribution in [2.24, 2.45) is 0 Å². The Bertz CT molecular complexity index is 640. The summed E-state index contributed by atoms with van der Waals surface area (Å²) in [5.41, 5.74) is 3.17. The SMILES string of the molecule is Cc1ccccc1C(O)CNC(C)c1ccc(S(C)=O)cc1. The summed E-state index contributed by atoms with van der Waals surface area (Å²) in [4.78, 5) is 0.830. The summed E-state index contributed by atoms with van der Waals surface area (Å²) in [7, 11) is -0.949. The molecule has 0 amide bonds. The normalized spacial score (nSPS) is 15.3. The highest BCUT2D eigenvalue weighted by Gasteiger charge is 2.12. The third kappa shape index (κ3) is 4.26. The smallest absolute Gasteiger partial charge is 0.0917 e. The highest BCUT2D eigenvalue weighted by atomic mass is 32.2. The van der Waals surface area contributed by atoms with Gasteiger partial charge in [-0.05, 0) is 42.7 Å². The molecule has 118 valence electrons. The number of rotatable bonds is 6. The van der Waals surface area contributed by atoms with Crippen LogP contribution in [0, 0.1) is 6.92 Å². The average Bonchev–Trinajstić information content (AvgIpc) is 2.52.